The Morgan fingerprint density at radius 3 is 2.50 bits per heavy atom. The summed E-state index contributed by atoms with van der Waals surface area (Å²) in [6, 6.07) is 12.7. The van der Waals surface area contributed by atoms with Crippen LogP contribution in [0.2, 0.25) is 0 Å². The highest BCUT2D eigenvalue weighted by Gasteiger charge is 2.36. The van der Waals surface area contributed by atoms with Gasteiger partial charge >= 0.3 is 6.09 Å². The molecule has 0 bridgehead atoms. The summed E-state index contributed by atoms with van der Waals surface area (Å²) in [5, 5.41) is 20.5. The molecule has 2 unspecified atom stereocenters. The van der Waals surface area contributed by atoms with Crippen LogP contribution in [0.25, 0.3) is 11.5 Å². The predicted octanol–water partition coefficient (Wildman–Crippen LogP) is 3.36. The highest BCUT2D eigenvalue weighted by Crippen LogP contribution is 2.39. The van der Waals surface area contributed by atoms with Crippen LogP contribution in [-0.2, 0) is 26.7 Å². The molecule has 216 valence electrons. The lowest BCUT2D eigenvalue weighted by Gasteiger charge is -2.26. The molecule has 2 N–H and O–H groups in total. The molecular weight excluding hydrogens is 536 g/mol. The Kier molecular flexibility index (Phi) is 8.64. The number of pyridine rings is 1. The second kappa shape index (κ2) is 11.8. The third-order valence-corrected chi connectivity index (χ3v) is 8.35. The van der Waals surface area contributed by atoms with Gasteiger partial charge in [0.1, 0.15) is 17.2 Å². The lowest BCUT2D eigenvalue weighted by atomic mass is 9.93. The van der Waals surface area contributed by atoms with Gasteiger partial charge in [0.2, 0.25) is 21.8 Å². The number of carboxylic acid groups (broad SMARTS) is 1. The molecule has 1 fully saturated rings. The van der Waals surface area contributed by atoms with Crippen LogP contribution in [0.1, 0.15) is 31.7 Å². The molecule has 0 aliphatic heterocycles. The first-order valence-electron chi connectivity index (χ1n) is 13.0. The standard InChI is InChI=1S/C27H36N6O6S/c1-18-13-21(18)17-33(11-12-38-4)23-15-20(14-22(28-23)32(3)40(5,36)37)24-30-31-25(39-24)27(2,29-26(34)35)16-19-9-7-6-8-10-19/h6-10,14-15,18,21,29H,11-13,16-17H2,1-5H3,(H,34,35)/t18?,21?,27-/m1/s1. The Morgan fingerprint density at radius 2 is 1.90 bits per heavy atom. The summed E-state index contributed by atoms with van der Waals surface area (Å²) < 4.78 is 37.3. The van der Waals surface area contributed by atoms with Crippen molar-refractivity contribution in [2.45, 2.75) is 32.2 Å². The van der Waals surface area contributed by atoms with Crippen molar-refractivity contribution in [2.75, 3.05) is 49.3 Å². The van der Waals surface area contributed by atoms with E-state index in [0.717, 1.165) is 29.1 Å². The fourth-order valence-corrected chi connectivity index (χ4v) is 4.97. The van der Waals surface area contributed by atoms with Gasteiger partial charge in [-0.3, -0.25) is 4.31 Å². The molecule has 0 spiro atoms. The van der Waals surface area contributed by atoms with E-state index in [4.69, 9.17) is 9.15 Å². The van der Waals surface area contributed by atoms with Crippen molar-refractivity contribution in [3.05, 3.63) is 53.9 Å². The van der Waals surface area contributed by atoms with Crippen LogP contribution < -0.4 is 14.5 Å². The van der Waals surface area contributed by atoms with Gasteiger partial charge in [-0.2, -0.15) is 0 Å². The molecule has 1 saturated carbocycles. The van der Waals surface area contributed by atoms with Gasteiger partial charge in [0.15, 0.2) is 0 Å². The van der Waals surface area contributed by atoms with Crippen molar-refractivity contribution in [3.63, 3.8) is 0 Å². The number of hydrogen-bond acceptors (Lipinski definition) is 9. The lowest BCUT2D eigenvalue weighted by Crippen LogP contribution is -2.44. The van der Waals surface area contributed by atoms with E-state index in [2.05, 4.69) is 32.3 Å². The highest BCUT2D eigenvalue weighted by atomic mass is 32.2. The van der Waals surface area contributed by atoms with E-state index in [-0.39, 0.29) is 24.0 Å². The first-order valence-corrected chi connectivity index (χ1v) is 14.8. The van der Waals surface area contributed by atoms with Crippen LogP contribution in [0.15, 0.2) is 46.9 Å². The van der Waals surface area contributed by atoms with Gasteiger partial charge in [-0.25, -0.2) is 18.2 Å². The average molecular weight is 573 g/mol. The SMILES string of the molecule is COCCN(CC1CC1C)c1cc(-c2nnc([C@@](C)(Cc3ccccc3)NC(=O)O)o2)cc(N(C)S(C)(=O)=O)n1. The minimum absolute atomic E-state index is 0.0770. The zero-order valence-corrected chi connectivity index (χ0v) is 24.2. The zero-order valence-electron chi connectivity index (χ0n) is 23.4. The Bertz CT molecular complexity index is 1430. The van der Waals surface area contributed by atoms with E-state index in [1.54, 1.807) is 26.2 Å². The zero-order chi connectivity index (χ0) is 29.1. The van der Waals surface area contributed by atoms with Crippen molar-refractivity contribution in [3.8, 4) is 11.5 Å². The van der Waals surface area contributed by atoms with Crippen LogP contribution in [0.3, 0.4) is 0 Å². The van der Waals surface area contributed by atoms with Gasteiger partial charge in [-0.15, -0.1) is 10.2 Å². The number of benzene rings is 1. The third-order valence-electron chi connectivity index (χ3n) is 7.17. The maximum atomic E-state index is 12.4. The van der Waals surface area contributed by atoms with Gasteiger partial charge in [0.25, 0.3) is 0 Å². The molecule has 1 amide bonds. The molecule has 0 saturated heterocycles. The normalized spacial score (nSPS) is 18.1. The van der Waals surface area contributed by atoms with Crippen LogP contribution in [0.5, 0.6) is 0 Å². The molecule has 0 radical (unpaired) electrons. The molecule has 2 aromatic heterocycles. The number of rotatable bonds is 13. The molecule has 40 heavy (non-hydrogen) atoms. The van der Waals surface area contributed by atoms with Gasteiger partial charge in [-0.1, -0.05) is 37.3 Å². The fraction of sp³-hybridized carbons (Fsp3) is 0.481. The summed E-state index contributed by atoms with van der Waals surface area (Å²) in [6.07, 6.45) is 1.26. The number of anilines is 2. The summed E-state index contributed by atoms with van der Waals surface area (Å²) in [6.45, 7) is 5.65. The average Bonchev–Trinajstić information content (AvgIpc) is 3.35. The number of nitrogens with one attached hydrogen (secondary N) is 1. The van der Waals surface area contributed by atoms with Crippen molar-refractivity contribution in [2.24, 2.45) is 11.8 Å². The van der Waals surface area contributed by atoms with E-state index >= 15 is 0 Å². The molecule has 13 heteroatoms. The Morgan fingerprint density at radius 1 is 1.23 bits per heavy atom. The quantitative estimate of drug-likeness (QED) is 0.312. The smallest absolute Gasteiger partial charge is 0.405 e. The summed E-state index contributed by atoms with van der Waals surface area (Å²) in [4.78, 5) is 18.4. The summed E-state index contributed by atoms with van der Waals surface area (Å²) >= 11 is 0. The minimum atomic E-state index is -3.61. The van der Waals surface area contributed by atoms with Gasteiger partial charge in [-0.05, 0) is 42.9 Å². The number of methoxy groups -OCH3 is 1. The fourth-order valence-electron chi connectivity index (χ4n) is 4.53. The van der Waals surface area contributed by atoms with E-state index in [1.165, 1.54) is 7.05 Å². The van der Waals surface area contributed by atoms with Crippen LogP contribution in [-0.4, -0.2) is 74.9 Å². The molecule has 12 nitrogen and oxygen atoms in total. The number of sulfonamides is 1. The second-order valence-corrected chi connectivity index (χ2v) is 12.6. The summed E-state index contributed by atoms with van der Waals surface area (Å²) in [5.41, 5.74) is 0.121. The topological polar surface area (TPSA) is 151 Å². The lowest BCUT2D eigenvalue weighted by molar-refractivity contribution is 0.172. The molecule has 1 aliphatic rings. The molecular formula is C27H36N6O6S. The molecule has 4 rings (SSSR count). The second-order valence-electron chi connectivity index (χ2n) is 10.6. The van der Waals surface area contributed by atoms with Crippen LogP contribution in [0.4, 0.5) is 16.4 Å². The number of nitrogens with zero attached hydrogens (tertiary/aromatic N) is 5. The monoisotopic (exact) mass is 572 g/mol. The van der Waals surface area contributed by atoms with Crippen molar-refractivity contribution in [1.82, 2.24) is 20.5 Å². The summed E-state index contributed by atoms with van der Waals surface area (Å²) in [7, 11) is -0.556. The van der Waals surface area contributed by atoms with Gasteiger partial charge in [0.05, 0.1) is 12.9 Å². The maximum Gasteiger partial charge on any atom is 0.405 e. The van der Waals surface area contributed by atoms with Crippen molar-refractivity contribution in [1.29, 1.82) is 0 Å². The van der Waals surface area contributed by atoms with Gasteiger partial charge < -0.3 is 24.5 Å². The summed E-state index contributed by atoms with van der Waals surface area (Å²) in [5.74, 6) is 2.04. The third kappa shape index (κ3) is 7.07. The van der Waals surface area contributed by atoms with Crippen molar-refractivity contribution < 1.29 is 27.5 Å². The van der Waals surface area contributed by atoms with E-state index in [9.17, 15) is 18.3 Å². The maximum absolute atomic E-state index is 12.4. The molecule has 2 heterocycles. The van der Waals surface area contributed by atoms with Crippen LogP contribution in [0, 0.1) is 11.8 Å². The predicted molar refractivity (Wildman–Crippen MR) is 151 cm³/mol. The molecule has 3 atom stereocenters. The first-order chi connectivity index (χ1) is 18.9. The number of amides is 1. The van der Waals surface area contributed by atoms with Gasteiger partial charge in [0, 0.05) is 39.2 Å². The largest absolute Gasteiger partial charge is 0.465 e. The Hall–Kier alpha value is -3.71. The van der Waals surface area contributed by atoms with E-state index < -0.39 is 21.7 Å². The molecule has 3 aromatic rings. The Balaban J connectivity index is 1.76. The number of ether oxygens (including phenoxy) is 1. The highest BCUT2D eigenvalue weighted by molar-refractivity contribution is 7.92. The Labute approximate surface area is 234 Å². The number of aromatic nitrogens is 3. The van der Waals surface area contributed by atoms with E-state index in [1.807, 2.05) is 30.3 Å². The number of carbonyl (C=O) groups is 1. The number of hydrogen-bond donors (Lipinski definition) is 2. The minimum Gasteiger partial charge on any atom is -0.465 e. The van der Waals surface area contributed by atoms with Crippen molar-refractivity contribution >= 4 is 27.8 Å². The molecule has 1 aromatic carbocycles. The van der Waals surface area contributed by atoms with Crippen LogP contribution >= 0.6 is 0 Å². The van der Waals surface area contributed by atoms with E-state index in [0.29, 0.717) is 36.4 Å². The first kappa shape index (κ1) is 29.3. The molecule has 1 aliphatic carbocycles.